The molecule has 2 rings (SSSR count). The topological polar surface area (TPSA) is 113 Å². The molecule has 0 fully saturated rings. The first-order valence-electron chi connectivity index (χ1n) is 7.66. The molecule has 6 nitrogen and oxygen atoms in total. The third-order valence-electron chi connectivity index (χ3n) is 3.67. The number of phenolic OH excluding ortho intramolecular Hbond substituents is 1. The standard InChI is InChI=1S/C18H19FN2O4/c19-13-3-1-2-12(8-13)10-16(18(24)25)21-17(23)15(20)9-11-4-6-14(22)7-5-11/h1-8,15-16,22H,9-10,20H2,(H,21,23)(H,24,25). The Labute approximate surface area is 144 Å². The van der Waals surface area contributed by atoms with E-state index < -0.39 is 29.8 Å². The van der Waals surface area contributed by atoms with Crippen molar-refractivity contribution in [2.24, 2.45) is 5.73 Å². The molecule has 0 saturated heterocycles. The number of carboxylic acid groups (broad SMARTS) is 1. The van der Waals surface area contributed by atoms with Crippen LogP contribution in [0.3, 0.4) is 0 Å². The molecule has 0 aliphatic carbocycles. The SMILES string of the molecule is NC(Cc1ccc(O)cc1)C(=O)NC(Cc1cccc(F)c1)C(=O)O. The van der Waals surface area contributed by atoms with E-state index >= 15 is 0 Å². The van der Waals surface area contributed by atoms with Gasteiger partial charge in [-0.1, -0.05) is 24.3 Å². The maximum atomic E-state index is 13.2. The molecule has 2 atom stereocenters. The lowest BCUT2D eigenvalue weighted by atomic mass is 10.0. The lowest BCUT2D eigenvalue weighted by molar-refractivity contribution is -0.141. The normalized spacial score (nSPS) is 13.0. The van der Waals surface area contributed by atoms with Gasteiger partial charge in [0.1, 0.15) is 17.6 Å². The van der Waals surface area contributed by atoms with Crippen molar-refractivity contribution in [2.75, 3.05) is 0 Å². The zero-order chi connectivity index (χ0) is 18.4. The van der Waals surface area contributed by atoms with E-state index in [-0.39, 0.29) is 18.6 Å². The average Bonchev–Trinajstić information content (AvgIpc) is 2.56. The van der Waals surface area contributed by atoms with Crippen molar-refractivity contribution in [3.8, 4) is 5.75 Å². The molecule has 7 heteroatoms. The third kappa shape index (κ3) is 5.58. The van der Waals surface area contributed by atoms with Gasteiger partial charge in [0.2, 0.25) is 5.91 Å². The Hall–Kier alpha value is -2.93. The molecule has 0 spiro atoms. The van der Waals surface area contributed by atoms with Crippen molar-refractivity contribution >= 4 is 11.9 Å². The molecule has 25 heavy (non-hydrogen) atoms. The number of nitrogens with one attached hydrogen (secondary N) is 1. The maximum Gasteiger partial charge on any atom is 0.326 e. The van der Waals surface area contributed by atoms with Gasteiger partial charge in [-0.15, -0.1) is 0 Å². The molecule has 0 bridgehead atoms. The minimum Gasteiger partial charge on any atom is -0.508 e. The summed E-state index contributed by atoms with van der Waals surface area (Å²) in [7, 11) is 0. The number of nitrogens with two attached hydrogens (primary N) is 1. The van der Waals surface area contributed by atoms with Crippen LogP contribution < -0.4 is 11.1 Å². The molecule has 132 valence electrons. The Balaban J connectivity index is 1.99. The molecule has 5 N–H and O–H groups in total. The summed E-state index contributed by atoms with van der Waals surface area (Å²) in [5, 5.41) is 20.9. The molecule has 0 aliphatic heterocycles. The zero-order valence-electron chi connectivity index (χ0n) is 13.4. The highest BCUT2D eigenvalue weighted by atomic mass is 19.1. The minimum atomic E-state index is -1.23. The van der Waals surface area contributed by atoms with Crippen LogP contribution in [-0.4, -0.2) is 34.2 Å². The van der Waals surface area contributed by atoms with Crippen LogP contribution >= 0.6 is 0 Å². The quantitative estimate of drug-likeness (QED) is 0.602. The maximum absolute atomic E-state index is 13.2. The van der Waals surface area contributed by atoms with Gasteiger partial charge in [-0.3, -0.25) is 4.79 Å². The van der Waals surface area contributed by atoms with Crippen LogP contribution in [0.4, 0.5) is 4.39 Å². The number of hydrogen-bond donors (Lipinski definition) is 4. The largest absolute Gasteiger partial charge is 0.508 e. The number of hydrogen-bond acceptors (Lipinski definition) is 4. The number of amides is 1. The zero-order valence-corrected chi connectivity index (χ0v) is 13.4. The Morgan fingerprint density at radius 2 is 1.76 bits per heavy atom. The number of rotatable bonds is 7. The van der Waals surface area contributed by atoms with E-state index in [0.717, 1.165) is 5.56 Å². The Kier molecular flexibility index (Phi) is 6.08. The highest BCUT2D eigenvalue weighted by molar-refractivity contribution is 5.87. The van der Waals surface area contributed by atoms with Crippen molar-refractivity contribution in [1.82, 2.24) is 5.32 Å². The summed E-state index contributed by atoms with van der Waals surface area (Å²) < 4.78 is 13.2. The van der Waals surface area contributed by atoms with Gasteiger partial charge < -0.3 is 21.3 Å². The number of carbonyl (C=O) groups excluding carboxylic acids is 1. The van der Waals surface area contributed by atoms with Crippen LogP contribution in [0.1, 0.15) is 11.1 Å². The van der Waals surface area contributed by atoms with Gasteiger partial charge in [0.15, 0.2) is 0 Å². The summed E-state index contributed by atoms with van der Waals surface area (Å²) in [6, 6.07) is 9.59. The van der Waals surface area contributed by atoms with E-state index in [0.29, 0.717) is 5.56 Å². The molecule has 2 unspecified atom stereocenters. The fourth-order valence-electron chi connectivity index (χ4n) is 2.36. The van der Waals surface area contributed by atoms with Gasteiger partial charge in [-0.2, -0.15) is 0 Å². The number of aromatic hydroxyl groups is 1. The van der Waals surface area contributed by atoms with Gasteiger partial charge in [0.05, 0.1) is 6.04 Å². The third-order valence-corrected chi connectivity index (χ3v) is 3.67. The van der Waals surface area contributed by atoms with Crippen LogP contribution in [-0.2, 0) is 22.4 Å². The number of phenols is 1. The predicted molar refractivity (Wildman–Crippen MR) is 89.5 cm³/mol. The van der Waals surface area contributed by atoms with Crippen LogP contribution in [0.5, 0.6) is 5.75 Å². The smallest absolute Gasteiger partial charge is 0.326 e. The second-order valence-corrected chi connectivity index (χ2v) is 5.71. The Morgan fingerprint density at radius 1 is 1.08 bits per heavy atom. The summed E-state index contributed by atoms with van der Waals surface area (Å²) in [5.41, 5.74) is 7.02. The summed E-state index contributed by atoms with van der Waals surface area (Å²) in [6.45, 7) is 0. The summed E-state index contributed by atoms with van der Waals surface area (Å²) >= 11 is 0. The number of carbonyl (C=O) groups is 2. The number of benzene rings is 2. The molecule has 0 aliphatic rings. The van der Waals surface area contributed by atoms with E-state index in [1.165, 1.54) is 30.3 Å². The Bertz CT molecular complexity index is 749. The molecule has 1 amide bonds. The van der Waals surface area contributed by atoms with Crippen LogP contribution in [0, 0.1) is 5.82 Å². The van der Waals surface area contributed by atoms with E-state index in [1.54, 1.807) is 18.2 Å². The first-order chi connectivity index (χ1) is 11.8. The monoisotopic (exact) mass is 346 g/mol. The number of aliphatic carboxylic acids is 1. The molecule has 2 aromatic carbocycles. The molecule has 2 aromatic rings. The first-order valence-corrected chi connectivity index (χ1v) is 7.66. The second kappa shape index (κ2) is 8.25. The van der Waals surface area contributed by atoms with Gasteiger partial charge in [-0.25, -0.2) is 9.18 Å². The molecule has 0 saturated carbocycles. The van der Waals surface area contributed by atoms with Crippen LogP contribution in [0.15, 0.2) is 48.5 Å². The highest BCUT2D eigenvalue weighted by Gasteiger charge is 2.24. The summed E-state index contributed by atoms with van der Waals surface area (Å²) in [4.78, 5) is 23.5. The van der Waals surface area contributed by atoms with E-state index in [1.807, 2.05) is 0 Å². The minimum absolute atomic E-state index is 0.0508. The lowest BCUT2D eigenvalue weighted by Crippen LogP contribution is -2.50. The van der Waals surface area contributed by atoms with Crippen LogP contribution in [0.25, 0.3) is 0 Å². The molecule has 0 radical (unpaired) electrons. The van der Waals surface area contributed by atoms with Crippen LogP contribution in [0.2, 0.25) is 0 Å². The van der Waals surface area contributed by atoms with Crippen molar-refractivity contribution in [3.63, 3.8) is 0 Å². The van der Waals surface area contributed by atoms with Gasteiger partial charge in [0, 0.05) is 6.42 Å². The second-order valence-electron chi connectivity index (χ2n) is 5.71. The first kappa shape index (κ1) is 18.4. The van der Waals surface area contributed by atoms with E-state index in [9.17, 15) is 24.2 Å². The van der Waals surface area contributed by atoms with Crippen molar-refractivity contribution in [2.45, 2.75) is 24.9 Å². The van der Waals surface area contributed by atoms with Gasteiger partial charge >= 0.3 is 5.97 Å². The fourth-order valence-corrected chi connectivity index (χ4v) is 2.36. The molecular weight excluding hydrogens is 327 g/mol. The molecular formula is C18H19FN2O4. The van der Waals surface area contributed by atoms with Crippen molar-refractivity contribution in [1.29, 1.82) is 0 Å². The van der Waals surface area contributed by atoms with Crippen molar-refractivity contribution < 1.29 is 24.2 Å². The van der Waals surface area contributed by atoms with Crippen molar-refractivity contribution in [3.05, 3.63) is 65.5 Å². The fraction of sp³-hybridized carbons (Fsp3) is 0.222. The highest BCUT2D eigenvalue weighted by Crippen LogP contribution is 2.11. The number of carboxylic acids is 1. The number of halogens is 1. The summed E-state index contributed by atoms with van der Waals surface area (Å²) in [6.07, 6.45) is 0.142. The summed E-state index contributed by atoms with van der Waals surface area (Å²) in [5.74, 6) is -2.22. The van der Waals surface area contributed by atoms with E-state index in [2.05, 4.69) is 5.32 Å². The van der Waals surface area contributed by atoms with Gasteiger partial charge in [0.25, 0.3) is 0 Å². The van der Waals surface area contributed by atoms with Gasteiger partial charge in [-0.05, 0) is 41.8 Å². The molecule has 0 heterocycles. The molecule has 0 aromatic heterocycles. The average molecular weight is 346 g/mol. The predicted octanol–water partition coefficient (Wildman–Crippen LogP) is 1.21. The lowest BCUT2D eigenvalue weighted by Gasteiger charge is -2.18. The van der Waals surface area contributed by atoms with E-state index in [4.69, 9.17) is 5.73 Å². The Morgan fingerprint density at radius 3 is 2.36 bits per heavy atom.